The van der Waals surface area contributed by atoms with E-state index in [2.05, 4.69) is 20.8 Å². The van der Waals surface area contributed by atoms with Crippen LogP contribution in [0.2, 0.25) is 0 Å². The van der Waals surface area contributed by atoms with Crippen LogP contribution in [0, 0.1) is 0 Å². The van der Waals surface area contributed by atoms with Gasteiger partial charge in [0.2, 0.25) is 0 Å². The summed E-state index contributed by atoms with van der Waals surface area (Å²) in [6.07, 6.45) is 17.6. The number of hydrogen-bond donors (Lipinski definition) is 0. The second kappa shape index (κ2) is 21.8. The molecule has 0 fully saturated rings. The van der Waals surface area contributed by atoms with Crippen molar-refractivity contribution in [2.45, 2.75) is 124 Å². The van der Waals surface area contributed by atoms with Gasteiger partial charge in [-0.05, 0) is 19.3 Å². The predicted octanol–water partition coefficient (Wildman–Crippen LogP) is 8.06. The van der Waals surface area contributed by atoms with Crippen molar-refractivity contribution in [3.8, 4) is 0 Å². The lowest BCUT2D eigenvalue weighted by molar-refractivity contribution is -0.141. The summed E-state index contributed by atoms with van der Waals surface area (Å²) in [7, 11) is -3.42. The second-order valence-electron chi connectivity index (χ2n) is 8.25. The van der Waals surface area contributed by atoms with Crippen molar-refractivity contribution in [1.29, 1.82) is 0 Å². The van der Waals surface area contributed by atoms with Crippen LogP contribution in [-0.2, 0) is 23.1 Å². The number of hydrogen-bond acceptors (Lipinski definition) is 5. The molecule has 5 nitrogen and oxygen atoms in total. The molecular formula is C24H49O5P. The first-order chi connectivity index (χ1) is 14.6. The van der Waals surface area contributed by atoms with E-state index in [0.717, 1.165) is 64.2 Å². The Balaban J connectivity index is 4.12. The maximum atomic E-state index is 13.0. The summed E-state index contributed by atoms with van der Waals surface area (Å²) >= 11 is 0. The molecule has 0 aromatic carbocycles. The van der Waals surface area contributed by atoms with Gasteiger partial charge in [0.1, 0.15) is 6.16 Å². The predicted molar refractivity (Wildman–Crippen MR) is 126 cm³/mol. The van der Waals surface area contributed by atoms with Gasteiger partial charge in [0.25, 0.3) is 0 Å². The zero-order chi connectivity index (χ0) is 22.3. The molecule has 0 spiro atoms. The van der Waals surface area contributed by atoms with Gasteiger partial charge < -0.3 is 13.8 Å². The van der Waals surface area contributed by atoms with Gasteiger partial charge in [-0.15, -0.1) is 0 Å². The second-order valence-corrected chi connectivity index (χ2v) is 10.3. The highest BCUT2D eigenvalue weighted by atomic mass is 31.2. The van der Waals surface area contributed by atoms with Crippen LogP contribution in [0.3, 0.4) is 0 Å². The highest BCUT2D eigenvalue weighted by Gasteiger charge is 2.29. The van der Waals surface area contributed by atoms with Crippen molar-refractivity contribution in [2.75, 3.05) is 26.0 Å². The minimum Gasteiger partial charge on any atom is -0.465 e. The highest BCUT2D eigenvalue weighted by molar-refractivity contribution is 7.54. The van der Waals surface area contributed by atoms with E-state index in [4.69, 9.17) is 13.8 Å². The molecule has 0 aliphatic carbocycles. The molecule has 180 valence electrons. The van der Waals surface area contributed by atoms with E-state index in [1.807, 2.05) is 0 Å². The van der Waals surface area contributed by atoms with Crippen molar-refractivity contribution in [1.82, 2.24) is 0 Å². The van der Waals surface area contributed by atoms with E-state index in [-0.39, 0.29) is 6.16 Å². The van der Waals surface area contributed by atoms with Crippen LogP contribution in [-0.4, -0.2) is 32.0 Å². The smallest absolute Gasteiger partial charge is 0.341 e. The standard InChI is InChI=1S/C24H49O5P/c1-4-7-10-13-14-15-16-17-20-27-24(25)23-30(26,28-21-18-11-8-5-2)29-22-19-12-9-6-3/h4-23H2,1-3H3. The Kier molecular flexibility index (Phi) is 21.6. The van der Waals surface area contributed by atoms with Gasteiger partial charge >= 0.3 is 13.6 Å². The Morgan fingerprint density at radius 2 is 0.933 bits per heavy atom. The zero-order valence-electron chi connectivity index (χ0n) is 20.1. The molecule has 6 heteroatoms. The summed E-state index contributed by atoms with van der Waals surface area (Å²) in [6.45, 7) is 7.65. The van der Waals surface area contributed by atoms with Crippen molar-refractivity contribution < 1.29 is 23.1 Å². The third-order valence-corrected chi connectivity index (χ3v) is 6.95. The molecule has 0 saturated heterocycles. The van der Waals surface area contributed by atoms with E-state index in [1.165, 1.54) is 38.5 Å². The number of carbonyl (C=O) groups excluding carboxylic acids is 1. The fourth-order valence-corrected chi connectivity index (χ4v) is 4.70. The Morgan fingerprint density at radius 1 is 0.567 bits per heavy atom. The minimum absolute atomic E-state index is 0.272. The fraction of sp³-hybridized carbons (Fsp3) is 0.958. The lowest BCUT2D eigenvalue weighted by Crippen LogP contribution is -2.14. The molecule has 30 heavy (non-hydrogen) atoms. The van der Waals surface area contributed by atoms with Gasteiger partial charge in [0.15, 0.2) is 0 Å². The molecule has 0 N–H and O–H groups in total. The largest absolute Gasteiger partial charge is 0.465 e. The summed E-state index contributed by atoms with van der Waals surface area (Å²) in [4.78, 5) is 12.2. The molecule has 0 aromatic heterocycles. The number of ether oxygens (including phenoxy) is 1. The van der Waals surface area contributed by atoms with Crippen LogP contribution < -0.4 is 0 Å². The monoisotopic (exact) mass is 448 g/mol. The summed E-state index contributed by atoms with van der Waals surface area (Å²) in [5.41, 5.74) is 0. The molecule has 0 bridgehead atoms. The van der Waals surface area contributed by atoms with Crippen molar-refractivity contribution in [3.05, 3.63) is 0 Å². The van der Waals surface area contributed by atoms with E-state index in [0.29, 0.717) is 19.8 Å². The van der Waals surface area contributed by atoms with Crippen LogP contribution in [0.15, 0.2) is 0 Å². The molecule has 0 aliphatic rings. The first-order valence-corrected chi connectivity index (χ1v) is 14.3. The van der Waals surface area contributed by atoms with Crippen LogP contribution >= 0.6 is 7.60 Å². The number of carbonyl (C=O) groups is 1. The molecular weight excluding hydrogens is 399 g/mol. The van der Waals surface area contributed by atoms with E-state index in [9.17, 15) is 9.36 Å². The van der Waals surface area contributed by atoms with Gasteiger partial charge in [-0.25, -0.2) is 0 Å². The van der Waals surface area contributed by atoms with Crippen LogP contribution in [0.25, 0.3) is 0 Å². The number of esters is 1. The quantitative estimate of drug-likeness (QED) is 0.0898. The average Bonchev–Trinajstić information content (AvgIpc) is 2.72. The highest BCUT2D eigenvalue weighted by Crippen LogP contribution is 2.48. The lowest BCUT2D eigenvalue weighted by atomic mass is 10.1. The van der Waals surface area contributed by atoms with Gasteiger partial charge in [0, 0.05) is 0 Å². The Bertz CT molecular complexity index is 410. The van der Waals surface area contributed by atoms with Gasteiger partial charge in [0.05, 0.1) is 19.8 Å². The average molecular weight is 449 g/mol. The van der Waals surface area contributed by atoms with Gasteiger partial charge in [-0.3, -0.25) is 9.36 Å². The van der Waals surface area contributed by atoms with E-state index < -0.39 is 13.6 Å². The summed E-state index contributed by atoms with van der Waals surface area (Å²) < 4.78 is 29.5. The minimum atomic E-state index is -3.42. The number of unbranched alkanes of at least 4 members (excludes halogenated alkanes) is 13. The Labute approximate surface area is 186 Å². The van der Waals surface area contributed by atoms with E-state index >= 15 is 0 Å². The molecule has 0 rings (SSSR count). The summed E-state index contributed by atoms with van der Waals surface area (Å²) in [5, 5.41) is 0. The maximum absolute atomic E-state index is 13.0. The van der Waals surface area contributed by atoms with Crippen molar-refractivity contribution in [2.24, 2.45) is 0 Å². The molecule has 0 amide bonds. The number of rotatable bonds is 23. The van der Waals surface area contributed by atoms with Gasteiger partial charge in [-0.2, -0.15) is 0 Å². The lowest BCUT2D eigenvalue weighted by Gasteiger charge is -2.18. The first-order valence-electron chi connectivity index (χ1n) is 12.6. The van der Waals surface area contributed by atoms with Crippen LogP contribution in [0.5, 0.6) is 0 Å². The van der Waals surface area contributed by atoms with Crippen LogP contribution in [0.1, 0.15) is 124 Å². The Hall–Kier alpha value is -0.380. The topological polar surface area (TPSA) is 61.8 Å². The van der Waals surface area contributed by atoms with Gasteiger partial charge in [-0.1, -0.05) is 104 Å². The SMILES string of the molecule is CCCCCCCCCCOC(=O)CP(=O)(OCCCCCC)OCCCCCC. The van der Waals surface area contributed by atoms with Crippen molar-refractivity contribution in [3.63, 3.8) is 0 Å². The molecule has 0 aliphatic heterocycles. The summed E-state index contributed by atoms with van der Waals surface area (Å²) in [6, 6.07) is 0. The third-order valence-electron chi connectivity index (χ3n) is 5.16. The van der Waals surface area contributed by atoms with E-state index in [1.54, 1.807) is 0 Å². The molecule has 0 saturated carbocycles. The Morgan fingerprint density at radius 3 is 1.40 bits per heavy atom. The molecule has 0 aromatic rings. The van der Waals surface area contributed by atoms with Crippen LogP contribution in [0.4, 0.5) is 0 Å². The zero-order valence-corrected chi connectivity index (χ0v) is 21.0. The first kappa shape index (κ1) is 29.6. The molecule has 0 radical (unpaired) electrons. The fourth-order valence-electron chi connectivity index (χ4n) is 3.22. The normalized spacial score (nSPS) is 11.7. The van der Waals surface area contributed by atoms with Crippen molar-refractivity contribution >= 4 is 13.6 Å². The third kappa shape index (κ3) is 19.6. The maximum Gasteiger partial charge on any atom is 0.341 e. The summed E-state index contributed by atoms with van der Waals surface area (Å²) in [5.74, 6) is -0.469. The molecule has 0 unspecified atom stereocenters. The molecule has 0 atom stereocenters. The molecule has 0 heterocycles.